The lowest BCUT2D eigenvalue weighted by Crippen LogP contribution is -2.54. The molecule has 2 amide bonds. The van der Waals surface area contributed by atoms with Crippen molar-refractivity contribution in [2.45, 2.75) is 57.7 Å². The molecule has 2 aliphatic rings. The highest BCUT2D eigenvalue weighted by atomic mass is 16.4. The van der Waals surface area contributed by atoms with Gasteiger partial charge < -0.3 is 20.2 Å². The molecule has 120 valence electrons. The Hall–Kier alpha value is -1.30. The number of carboxylic acid groups (broad SMARTS) is 1. The van der Waals surface area contributed by atoms with E-state index in [1.54, 1.807) is 4.90 Å². The summed E-state index contributed by atoms with van der Waals surface area (Å²) >= 11 is 0. The van der Waals surface area contributed by atoms with Crippen molar-refractivity contribution in [2.24, 2.45) is 5.92 Å². The summed E-state index contributed by atoms with van der Waals surface area (Å²) in [6.07, 6.45) is 3.05. The highest BCUT2D eigenvalue weighted by Crippen LogP contribution is 2.23. The van der Waals surface area contributed by atoms with Gasteiger partial charge in [0.1, 0.15) is 0 Å². The number of rotatable bonds is 2. The van der Waals surface area contributed by atoms with E-state index in [0.29, 0.717) is 25.4 Å². The molecular formula is C15H27N3O3. The number of nitrogens with one attached hydrogen (secondary N) is 1. The topological polar surface area (TPSA) is 72.9 Å². The fourth-order valence-corrected chi connectivity index (χ4v) is 3.38. The van der Waals surface area contributed by atoms with Crippen LogP contribution >= 0.6 is 0 Å². The third-order valence-electron chi connectivity index (χ3n) is 5.02. The van der Waals surface area contributed by atoms with E-state index in [-0.39, 0.29) is 24.0 Å². The molecule has 4 atom stereocenters. The Balaban J connectivity index is 1.85. The van der Waals surface area contributed by atoms with Gasteiger partial charge in [-0.3, -0.25) is 4.79 Å². The van der Waals surface area contributed by atoms with Crippen LogP contribution < -0.4 is 5.32 Å². The third-order valence-corrected chi connectivity index (χ3v) is 5.02. The van der Waals surface area contributed by atoms with Crippen LogP contribution in [0.1, 0.15) is 39.5 Å². The van der Waals surface area contributed by atoms with E-state index in [1.807, 2.05) is 6.92 Å². The monoisotopic (exact) mass is 297 g/mol. The zero-order valence-electron chi connectivity index (χ0n) is 13.2. The molecule has 0 aromatic rings. The first-order valence-corrected chi connectivity index (χ1v) is 7.88. The molecule has 2 heterocycles. The molecule has 0 spiro atoms. The molecule has 6 heteroatoms. The SMILES string of the molecule is CC1CC(NC(=O)N2CCC(C(=O)O)CC2C)CCN1C. The van der Waals surface area contributed by atoms with Crippen molar-refractivity contribution in [3.05, 3.63) is 0 Å². The van der Waals surface area contributed by atoms with E-state index >= 15 is 0 Å². The van der Waals surface area contributed by atoms with Gasteiger partial charge in [0, 0.05) is 31.2 Å². The maximum absolute atomic E-state index is 12.4. The fraction of sp³-hybridized carbons (Fsp3) is 0.867. The van der Waals surface area contributed by atoms with Gasteiger partial charge in [0.05, 0.1) is 5.92 Å². The summed E-state index contributed by atoms with van der Waals surface area (Å²) < 4.78 is 0. The Morgan fingerprint density at radius 3 is 2.38 bits per heavy atom. The van der Waals surface area contributed by atoms with Gasteiger partial charge in [0.2, 0.25) is 0 Å². The third kappa shape index (κ3) is 3.87. The van der Waals surface area contributed by atoms with Gasteiger partial charge in [-0.15, -0.1) is 0 Å². The van der Waals surface area contributed by atoms with Crippen LogP contribution in [0.25, 0.3) is 0 Å². The van der Waals surface area contributed by atoms with Crippen molar-refractivity contribution in [3.8, 4) is 0 Å². The molecule has 2 saturated heterocycles. The van der Waals surface area contributed by atoms with Gasteiger partial charge in [-0.05, 0) is 46.6 Å². The molecular weight excluding hydrogens is 270 g/mol. The largest absolute Gasteiger partial charge is 0.481 e. The standard InChI is InChI=1S/C15H27N3O3/c1-10-9-13(5-6-17(10)3)16-15(21)18-7-4-12(14(19)20)8-11(18)2/h10-13H,4-9H2,1-3H3,(H,16,21)(H,19,20). The molecule has 0 bridgehead atoms. The molecule has 6 nitrogen and oxygen atoms in total. The number of amides is 2. The van der Waals surface area contributed by atoms with Crippen LogP contribution in [0.15, 0.2) is 0 Å². The van der Waals surface area contributed by atoms with E-state index in [0.717, 1.165) is 19.4 Å². The summed E-state index contributed by atoms with van der Waals surface area (Å²) in [6, 6.07) is 0.670. The number of carbonyl (C=O) groups is 2. The number of hydrogen-bond donors (Lipinski definition) is 2. The second-order valence-electron chi connectivity index (χ2n) is 6.60. The van der Waals surface area contributed by atoms with Crippen molar-refractivity contribution in [1.29, 1.82) is 0 Å². The molecule has 0 radical (unpaired) electrons. The summed E-state index contributed by atoms with van der Waals surface area (Å²) in [4.78, 5) is 27.5. The molecule has 4 unspecified atom stereocenters. The molecule has 2 aliphatic heterocycles. The van der Waals surface area contributed by atoms with Crippen LogP contribution in [0, 0.1) is 5.92 Å². The smallest absolute Gasteiger partial charge is 0.317 e. The lowest BCUT2D eigenvalue weighted by Gasteiger charge is -2.39. The van der Waals surface area contributed by atoms with E-state index in [4.69, 9.17) is 5.11 Å². The molecule has 0 aromatic heterocycles. The normalized spacial score (nSPS) is 34.5. The minimum absolute atomic E-state index is 0.0106. The Kier molecular flexibility index (Phi) is 5.08. The number of aliphatic carboxylic acids is 1. The van der Waals surface area contributed by atoms with Crippen molar-refractivity contribution in [1.82, 2.24) is 15.1 Å². The number of carboxylic acids is 1. The molecule has 2 rings (SSSR count). The number of nitrogens with zero attached hydrogens (tertiary/aromatic N) is 2. The highest BCUT2D eigenvalue weighted by molar-refractivity contribution is 5.76. The second-order valence-corrected chi connectivity index (χ2v) is 6.60. The first kappa shape index (κ1) is 16.1. The molecule has 0 aliphatic carbocycles. The minimum atomic E-state index is -0.744. The maximum Gasteiger partial charge on any atom is 0.317 e. The van der Waals surface area contributed by atoms with Gasteiger partial charge >= 0.3 is 12.0 Å². The Bertz CT molecular complexity index is 402. The van der Waals surface area contributed by atoms with Crippen molar-refractivity contribution in [2.75, 3.05) is 20.1 Å². The molecule has 2 fully saturated rings. The van der Waals surface area contributed by atoms with Crippen LogP contribution in [-0.4, -0.2) is 65.2 Å². The first-order valence-electron chi connectivity index (χ1n) is 7.88. The van der Waals surface area contributed by atoms with Crippen LogP contribution in [0.4, 0.5) is 4.79 Å². The number of piperidine rings is 2. The molecule has 0 aromatic carbocycles. The zero-order chi connectivity index (χ0) is 15.6. The van der Waals surface area contributed by atoms with E-state index in [9.17, 15) is 9.59 Å². The molecule has 2 N–H and O–H groups in total. The van der Waals surface area contributed by atoms with Crippen LogP contribution in [0.5, 0.6) is 0 Å². The van der Waals surface area contributed by atoms with Crippen LogP contribution in [0.3, 0.4) is 0 Å². The number of urea groups is 1. The lowest BCUT2D eigenvalue weighted by molar-refractivity contribution is -0.143. The van der Waals surface area contributed by atoms with Gasteiger partial charge in [-0.2, -0.15) is 0 Å². The van der Waals surface area contributed by atoms with Crippen molar-refractivity contribution in [3.63, 3.8) is 0 Å². The quantitative estimate of drug-likeness (QED) is 0.807. The molecule has 21 heavy (non-hydrogen) atoms. The molecule has 0 saturated carbocycles. The van der Waals surface area contributed by atoms with Gasteiger partial charge in [-0.1, -0.05) is 0 Å². The van der Waals surface area contributed by atoms with Crippen LogP contribution in [-0.2, 0) is 4.79 Å². The Morgan fingerprint density at radius 2 is 1.81 bits per heavy atom. The lowest BCUT2D eigenvalue weighted by atomic mass is 9.92. The van der Waals surface area contributed by atoms with Crippen LogP contribution in [0.2, 0.25) is 0 Å². The summed E-state index contributed by atoms with van der Waals surface area (Å²) in [6.45, 7) is 5.65. The number of hydrogen-bond acceptors (Lipinski definition) is 3. The van der Waals surface area contributed by atoms with Crippen molar-refractivity contribution < 1.29 is 14.7 Å². The number of carbonyl (C=O) groups excluding carboxylic acids is 1. The summed E-state index contributed by atoms with van der Waals surface area (Å²) in [7, 11) is 2.11. The first-order chi connectivity index (χ1) is 9.88. The zero-order valence-corrected chi connectivity index (χ0v) is 13.2. The Morgan fingerprint density at radius 1 is 1.10 bits per heavy atom. The Labute approximate surface area is 126 Å². The average Bonchev–Trinajstić information content (AvgIpc) is 2.42. The average molecular weight is 297 g/mol. The van der Waals surface area contributed by atoms with Crippen molar-refractivity contribution >= 4 is 12.0 Å². The predicted octanol–water partition coefficient (Wildman–Crippen LogP) is 1.36. The second kappa shape index (κ2) is 6.64. The van der Waals surface area contributed by atoms with E-state index < -0.39 is 5.97 Å². The van der Waals surface area contributed by atoms with E-state index in [2.05, 4.69) is 24.2 Å². The minimum Gasteiger partial charge on any atom is -0.481 e. The highest BCUT2D eigenvalue weighted by Gasteiger charge is 2.33. The predicted molar refractivity (Wildman–Crippen MR) is 80.2 cm³/mol. The summed E-state index contributed by atoms with van der Waals surface area (Å²) in [5, 5.41) is 12.2. The maximum atomic E-state index is 12.4. The summed E-state index contributed by atoms with van der Waals surface area (Å²) in [5.74, 6) is -1.06. The fourth-order valence-electron chi connectivity index (χ4n) is 3.38. The van der Waals surface area contributed by atoms with Gasteiger partial charge in [-0.25, -0.2) is 4.79 Å². The van der Waals surface area contributed by atoms with Gasteiger partial charge in [0.25, 0.3) is 0 Å². The number of likely N-dealkylation sites (tertiary alicyclic amines) is 2. The summed E-state index contributed by atoms with van der Waals surface area (Å²) in [5.41, 5.74) is 0. The van der Waals surface area contributed by atoms with Gasteiger partial charge in [0.15, 0.2) is 0 Å². The van der Waals surface area contributed by atoms with E-state index in [1.165, 1.54) is 0 Å².